The van der Waals surface area contributed by atoms with E-state index in [9.17, 15) is 10.5 Å². The molecule has 0 radical (unpaired) electrons. The predicted molar refractivity (Wildman–Crippen MR) is 195 cm³/mol. The molecule has 5 nitrogen and oxygen atoms in total. The second-order valence-electron chi connectivity index (χ2n) is 12.1. The van der Waals surface area contributed by atoms with E-state index in [2.05, 4.69) is 113 Å². The molecule has 0 saturated heterocycles. The van der Waals surface area contributed by atoms with Crippen LogP contribution in [-0.2, 0) is 0 Å². The maximum Gasteiger partial charge on any atom is 0.136 e. The fourth-order valence-corrected chi connectivity index (χ4v) is 6.99. The van der Waals surface area contributed by atoms with Crippen molar-refractivity contribution in [2.45, 2.75) is 0 Å². The Morgan fingerprint density at radius 3 is 1.39 bits per heavy atom. The van der Waals surface area contributed by atoms with Gasteiger partial charge >= 0.3 is 0 Å². The molecule has 6 aromatic carbocycles. The van der Waals surface area contributed by atoms with Crippen LogP contribution in [0.4, 0.5) is 0 Å². The molecule has 226 valence electrons. The van der Waals surface area contributed by atoms with Crippen molar-refractivity contribution in [3.05, 3.63) is 157 Å². The van der Waals surface area contributed by atoms with Gasteiger partial charge in [-0.3, -0.25) is 9.97 Å². The average molecular weight is 625 g/mol. The third kappa shape index (κ3) is 4.69. The minimum Gasteiger partial charge on any atom is -0.456 e. The van der Waals surface area contributed by atoms with Gasteiger partial charge in [-0.1, -0.05) is 91.0 Å². The van der Waals surface area contributed by atoms with Crippen LogP contribution in [0.2, 0.25) is 0 Å². The van der Waals surface area contributed by atoms with Gasteiger partial charge in [0.1, 0.15) is 23.3 Å². The highest BCUT2D eigenvalue weighted by Crippen LogP contribution is 2.46. The summed E-state index contributed by atoms with van der Waals surface area (Å²) < 4.78 is 6.43. The lowest BCUT2D eigenvalue weighted by atomic mass is 9.85. The highest BCUT2D eigenvalue weighted by molar-refractivity contribution is 6.25. The summed E-state index contributed by atoms with van der Waals surface area (Å²) >= 11 is 0. The lowest BCUT2D eigenvalue weighted by molar-refractivity contribution is 0.669. The van der Waals surface area contributed by atoms with Gasteiger partial charge in [-0.15, -0.1) is 0 Å². The topological polar surface area (TPSA) is 86.5 Å². The molecule has 0 atom stereocenters. The Labute approximate surface area is 281 Å². The van der Waals surface area contributed by atoms with Crippen LogP contribution in [0.1, 0.15) is 11.1 Å². The second kappa shape index (κ2) is 11.3. The summed E-state index contributed by atoms with van der Waals surface area (Å²) in [6.45, 7) is 0. The minimum absolute atomic E-state index is 0.532. The number of fused-ring (bicyclic) bond motifs is 5. The molecule has 9 rings (SSSR count). The Hall–Kier alpha value is -7.08. The molecule has 0 N–H and O–H groups in total. The zero-order valence-electron chi connectivity index (χ0n) is 26.1. The normalized spacial score (nSPS) is 11.2. The third-order valence-corrected chi connectivity index (χ3v) is 9.27. The molecule has 0 unspecified atom stereocenters. The van der Waals surface area contributed by atoms with E-state index in [1.54, 1.807) is 24.8 Å². The van der Waals surface area contributed by atoms with Crippen LogP contribution in [0.3, 0.4) is 0 Å². The van der Waals surface area contributed by atoms with E-state index in [0.29, 0.717) is 11.1 Å². The number of hydrogen-bond donors (Lipinski definition) is 0. The van der Waals surface area contributed by atoms with Crippen molar-refractivity contribution in [1.29, 1.82) is 10.5 Å². The number of aromatic nitrogens is 2. The first-order valence-electron chi connectivity index (χ1n) is 15.9. The fraction of sp³-hybridized carbons (Fsp3) is 0. The van der Waals surface area contributed by atoms with Gasteiger partial charge in [0.05, 0.1) is 11.1 Å². The minimum atomic E-state index is 0.532. The van der Waals surface area contributed by atoms with E-state index in [-0.39, 0.29) is 0 Å². The molecule has 0 aliphatic carbocycles. The number of furan rings is 1. The van der Waals surface area contributed by atoms with E-state index < -0.39 is 0 Å². The highest BCUT2D eigenvalue weighted by atomic mass is 16.3. The van der Waals surface area contributed by atoms with Crippen LogP contribution in [0, 0.1) is 22.7 Å². The summed E-state index contributed by atoms with van der Waals surface area (Å²) in [5.74, 6) is 0. The van der Waals surface area contributed by atoms with Crippen LogP contribution in [-0.4, -0.2) is 9.97 Å². The van der Waals surface area contributed by atoms with Crippen LogP contribution in [0.5, 0.6) is 0 Å². The van der Waals surface area contributed by atoms with Gasteiger partial charge in [0.25, 0.3) is 0 Å². The lowest BCUT2D eigenvalue weighted by Gasteiger charge is -2.18. The number of nitrogens with zero attached hydrogens (tertiary/aromatic N) is 4. The third-order valence-electron chi connectivity index (χ3n) is 9.27. The summed E-state index contributed by atoms with van der Waals surface area (Å²) in [7, 11) is 0. The molecule has 5 heteroatoms. The molecule has 0 aliphatic rings. The van der Waals surface area contributed by atoms with Crippen LogP contribution in [0.15, 0.2) is 151 Å². The zero-order chi connectivity index (χ0) is 32.9. The van der Waals surface area contributed by atoms with Crippen LogP contribution >= 0.6 is 0 Å². The summed E-state index contributed by atoms with van der Waals surface area (Å²) in [4.78, 5) is 8.53. The maximum absolute atomic E-state index is 9.41. The average Bonchev–Trinajstić information content (AvgIpc) is 3.54. The molecule has 3 heterocycles. The van der Waals surface area contributed by atoms with Crippen molar-refractivity contribution >= 4 is 43.5 Å². The van der Waals surface area contributed by atoms with Gasteiger partial charge in [0, 0.05) is 46.7 Å². The number of para-hydroxylation sites is 1. The van der Waals surface area contributed by atoms with E-state index in [4.69, 9.17) is 4.42 Å². The van der Waals surface area contributed by atoms with E-state index >= 15 is 0 Å². The molecule has 9 aromatic rings. The molecule has 0 saturated carbocycles. The maximum atomic E-state index is 9.41. The summed E-state index contributed by atoms with van der Waals surface area (Å²) in [5, 5.41) is 25.5. The number of benzene rings is 6. The Morgan fingerprint density at radius 2 is 0.857 bits per heavy atom. The van der Waals surface area contributed by atoms with Crippen molar-refractivity contribution in [3.8, 4) is 56.6 Å². The number of hydrogen-bond acceptors (Lipinski definition) is 5. The van der Waals surface area contributed by atoms with Gasteiger partial charge in [0.15, 0.2) is 0 Å². The molecule has 3 aromatic heterocycles. The number of pyridine rings is 2. The quantitative estimate of drug-likeness (QED) is 0.182. The molecule has 0 fully saturated rings. The lowest BCUT2D eigenvalue weighted by Crippen LogP contribution is -1.92. The van der Waals surface area contributed by atoms with Gasteiger partial charge in [-0.25, -0.2) is 0 Å². The van der Waals surface area contributed by atoms with Crippen molar-refractivity contribution in [3.63, 3.8) is 0 Å². The smallest absolute Gasteiger partial charge is 0.136 e. The first kappa shape index (κ1) is 28.2. The van der Waals surface area contributed by atoms with Gasteiger partial charge in [0.2, 0.25) is 0 Å². The predicted octanol–water partition coefficient (Wildman–Crippen LogP) is 11.1. The summed E-state index contributed by atoms with van der Waals surface area (Å²) in [6.07, 6.45) is 6.73. The first-order valence-corrected chi connectivity index (χ1v) is 15.9. The van der Waals surface area contributed by atoms with E-state index in [1.165, 1.54) is 0 Å². The van der Waals surface area contributed by atoms with Crippen LogP contribution in [0.25, 0.3) is 88.0 Å². The molecule has 0 aliphatic heterocycles. The molecule has 49 heavy (non-hydrogen) atoms. The molecule has 0 bridgehead atoms. The number of rotatable bonds is 4. The van der Waals surface area contributed by atoms with Crippen molar-refractivity contribution in [1.82, 2.24) is 9.97 Å². The van der Waals surface area contributed by atoms with Gasteiger partial charge < -0.3 is 4.42 Å². The largest absolute Gasteiger partial charge is 0.456 e. The standard InChI is InChI=1S/C44H24N4O/c45-21-27-17-33(25-47-23-27)29-9-13-31(14-10-29)43-36-6-1-2-7-37(36)44(32-15-11-30(12-16-32)34-18-28(22-46)24-48-26-34)40-20-42-38(19-39(40)43)35-5-3-4-8-41(35)49-42/h1-20,23-26H. The molecule has 0 spiro atoms. The van der Waals surface area contributed by atoms with E-state index in [1.807, 2.05) is 30.3 Å². The summed E-state index contributed by atoms with van der Waals surface area (Å²) in [6, 6.07) is 46.3. The highest BCUT2D eigenvalue weighted by Gasteiger charge is 2.20. The Balaban J connectivity index is 1.31. The fourth-order valence-electron chi connectivity index (χ4n) is 6.99. The summed E-state index contributed by atoms with van der Waals surface area (Å²) in [5.41, 5.74) is 11.0. The van der Waals surface area contributed by atoms with Crippen LogP contribution < -0.4 is 0 Å². The second-order valence-corrected chi connectivity index (χ2v) is 12.1. The van der Waals surface area contributed by atoms with Gasteiger partial charge in [-0.2, -0.15) is 10.5 Å². The molecular weight excluding hydrogens is 601 g/mol. The Bertz CT molecular complexity index is 2840. The molecular formula is C44H24N4O. The van der Waals surface area contributed by atoms with Crippen molar-refractivity contribution in [2.24, 2.45) is 0 Å². The Morgan fingerprint density at radius 1 is 0.388 bits per heavy atom. The van der Waals surface area contributed by atoms with E-state index in [0.717, 1.165) is 88.0 Å². The Kier molecular flexibility index (Phi) is 6.50. The monoisotopic (exact) mass is 624 g/mol. The number of nitriles is 2. The van der Waals surface area contributed by atoms with Crippen molar-refractivity contribution < 1.29 is 4.42 Å². The van der Waals surface area contributed by atoms with Gasteiger partial charge in [-0.05, 0) is 85.3 Å². The SMILES string of the molecule is N#Cc1cncc(-c2ccc(-c3c4ccccc4c(-c4ccc(-c5cncc(C#N)c5)cc4)c4cc5c(cc34)oc3ccccc35)cc2)c1. The zero-order valence-corrected chi connectivity index (χ0v) is 26.1. The van der Waals surface area contributed by atoms with Crippen molar-refractivity contribution in [2.75, 3.05) is 0 Å². The first-order chi connectivity index (χ1) is 24.2. The molecule has 0 amide bonds.